The topological polar surface area (TPSA) is 60.9 Å². The van der Waals surface area contributed by atoms with Gasteiger partial charge in [0.25, 0.3) is 0 Å². The third-order valence-corrected chi connectivity index (χ3v) is 3.86. The first kappa shape index (κ1) is 15.1. The van der Waals surface area contributed by atoms with E-state index in [1.54, 1.807) is 11.8 Å². The van der Waals surface area contributed by atoms with Gasteiger partial charge in [-0.15, -0.1) is 0 Å². The predicted molar refractivity (Wildman–Crippen MR) is 84.7 cm³/mol. The Bertz CT molecular complexity index is 495. The fraction of sp³-hybridized carbons (Fsp3) is 0.400. The Labute approximate surface area is 124 Å². The fourth-order valence-corrected chi connectivity index (χ4v) is 2.75. The number of hydrogen-bond acceptors (Lipinski definition) is 4. The van der Waals surface area contributed by atoms with Gasteiger partial charge in [0, 0.05) is 36.2 Å². The quantitative estimate of drug-likeness (QED) is 0.698. The van der Waals surface area contributed by atoms with E-state index < -0.39 is 0 Å². The van der Waals surface area contributed by atoms with Gasteiger partial charge in [-0.1, -0.05) is 30.3 Å². The van der Waals surface area contributed by atoms with Crippen molar-refractivity contribution in [3.8, 4) is 11.3 Å². The molecule has 2 rings (SSSR count). The molecule has 1 atom stereocenters. The molecule has 0 aliphatic rings. The first-order chi connectivity index (χ1) is 9.83. The van der Waals surface area contributed by atoms with Crippen LogP contribution in [0.2, 0.25) is 0 Å². The SMILES string of the molecule is CSCC(CCO)NCc1cc(-c2ccccc2)n[nH]1. The van der Waals surface area contributed by atoms with Crippen molar-refractivity contribution in [2.24, 2.45) is 0 Å². The molecule has 1 heterocycles. The predicted octanol–water partition coefficient (Wildman–Crippen LogP) is 2.28. The van der Waals surface area contributed by atoms with Crippen LogP contribution in [0, 0.1) is 0 Å². The van der Waals surface area contributed by atoms with Crippen molar-refractivity contribution in [3.63, 3.8) is 0 Å². The molecule has 108 valence electrons. The summed E-state index contributed by atoms with van der Waals surface area (Å²) in [6.07, 6.45) is 2.86. The highest BCUT2D eigenvalue weighted by atomic mass is 32.2. The van der Waals surface area contributed by atoms with Gasteiger partial charge < -0.3 is 10.4 Å². The van der Waals surface area contributed by atoms with Crippen LogP contribution in [0.5, 0.6) is 0 Å². The second-order valence-corrected chi connectivity index (χ2v) is 5.60. The first-order valence-electron chi connectivity index (χ1n) is 6.76. The van der Waals surface area contributed by atoms with E-state index in [0.29, 0.717) is 6.04 Å². The van der Waals surface area contributed by atoms with E-state index in [4.69, 9.17) is 5.11 Å². The van der Waals surface area contributed by atoms with Gasteiger partial charge in [0.05, 0.1) is 5.69 Å². The van der Waals surface area contributed by atoms with E-state index in [1.807, 2.05) is 18.2 Å². The third kappa shape index (κ3) is 4.37. The normalized spacial score (nSPS) is 12.5. The maximum atomic E-state index is 9.04. The second kappa shape index (κ2) is 8.09. The Kier molecular flexibility index (Phi) is 6.11. The van der Waals surface area contributed by atoms with Gasteiger partial charge in [-0.3, -0.25) is 5.10 Å². The van der Waals surface area contributed by atoms with Crippen LogP contribution in [0.1, 0.15) is 12.1 Å². The summed E-state index contributed by atoms with van der Waals surface area (Å²) in [5.41, 5.74) is 3.14. The van der Waals surface area contributed by atoms with E-state index in [0.717, 1.165) is 35.7 Å². The van der Waals surface area contributed by atoms with Crippen LogP contribution in [0.3, 0.4) is 0 Å². The lowest BCUT2D eigenvalue weighted by atomic mass is 10.1. The highest BCUT2D eigenvalue weighted by Crippen LogP contribution is 2.16. The highest BCUT2D eigenvalue weighted by Gasteiger charge is 2.08. The summed E-state index contributed by atoms with van der Waals surface area (Å²) in [6.45, 7) is 0.960. The minimum atomic E-state index is 0.219. The lowest BCUT2D eigenvalue weighted by Gasteiger charge is -2.15. The molecule has 1 unspecified atom stereocenters. The average molecular weight is 291 g/mol. The van der Waals surface area contributed by atoms with E-state index in [9.17, 15) is 0 Å². The number of aliphatic hydroxyl groups is 1. The molecule has 3 N–H and O–H groups in total. The van der Waals surface area contributed by atoms with Gasteiger partial charge in [0.1, 0.15) is 0 Å². The van der Waals surface area contributed by atoms with Gasteiger partial charge in [-0.05, 0) is 18.7 Å². The van der Waals surface area contributed by atoms with Crippen molar-refractivity contribution in [1.29, 1.82) is 0 Å². The number of hydrogen-bond donors (Lipinski definition) is 3. The standard InChI is InChI=1S/C15H21N3OS/c1-20-11-13(7-8-19)16-10-14-9-15(18-17-14)12-5-3-2-4-6-12/h2-6,9,13,16,19H,7-8,10-11H2,1H3,(H,17,18). The lowest BCUT2D eigenvalue weighted by Crippen LogP contribution is -2.31. The zero-order valence-electron chi connectivity index (χ0n) is 11.7. The van der Waals surface area contributed by atoms with Gasteiger partial charge in [0.15, 0.2) is 0 Å². The molecule has 1 aromatic heterocycles. The van der Waals surface area contributed by atoms with Crippen LogP contribution in [0.4, 0.5) is 0 Å². The molecule has 2 aromatic rings. The summed E-state index contributed by atoms with van der Waals surface area (Å²) in [5, 5.41) is 19.9. The van der Waals surface area contributed by atoms with Crippen molar-refractivity contribution in [2.45, 2.75) is 19.0 Å². The Morgan fingerprint density at radius 3 is 2.85 bits per heavy atom. The Morgan fingerprint density at radius 2 is 2.15 bits per heavy atom. The van der Waals surface area contributed by atoms with Gasteiger partial charge in [0.2, 0.25) is 0 Å². The minimum absolute atomic E-state index is 0.219. The van der Waals surface area contributed by atoms with Crippen LogP contribution in [0.15, 0.2) is 36.4 Å². The molecule has 0 saturated heterocycles. The number of rotatable bonds is 8. The number of nitrogens with one attached hydrogen (secondary N) is 2. The van der Waals surface area contributed by atoms with Crippen LogP contribution < -0.4 is 5.32 Å². The molecule has 0 amide bonds. The Hall–Kier alpha value is -1.30. The molecule has 0 bridgehead atoms. The van der Waals surface area contributed by atoms with Gasteiger partial charge >= 0.3 is 0 Å². The van der Waals surface area contributed by atoms with Crippen LogP contribution >= 0.6 is 11.8 Å². The fourth-order valence-electron chi connectivity index (χ4n) is 2.06. The third-order valence-electron chi connectivity index (χ3n) is 3.13. The number of benzene rings is 1. The summed E-state index contributed by atoms with van der Waals surface area (Å²) >= 11 is 1.79. The van der Waals surface area contributed by atoms with Crippen molar-refractivity contribution in [3.05, 3.63) is 42.1 Å². The summed E-state index contributed by atoms with van der Waals surface area (Å²) in [6, 6.07) is 12.5. The second-order valence-electron chi connectivity index (χ2n) is 4.69. The van der Waals surface area contributed by atoms with E-state index in [1.165, 1.54) is 0 Å². The number of aromatic nitrogens is 2. The van der Waals surface area contributed by atoms with E-state index in [2.05, 4.69) is 40.0 Å². The zero-order valence-corrected chi connectivity index (χ0v) is 12.5. The lowest BCUT2D eigenvalue weighted by molar-refractivity contribution is 0.269. The number of aliphatic hydroxyl groups excluding tert-OH is 1. The largest absolute Gasteiger partial charge is 0.396 e. The number of aromatic amines is 1. The molecule has 5 heteroatoms. The van der Waals surface area contributed by atoms with Crippen LogP contribution in [-0.4, -0.2) is 40.0 Å². The Morgan fingerprint density at radius 1 is 1.35 bits per heavy atom. The monoisotopic (exact) mass is 291 g/mol. The molecule has 20 heavy (non-hydrogen) atoms. The van der Waals surface area contributed by atoms with Gasteiger partial charge in [-0.2, -0.15) is 16.9 Å². The van der Waals surface area contributed by atoms with E-state index >= 15 is 0 Å². The molecule has 4 nitrogen and oxygen atoms in total. The molecular formula is C15H21N3OS. The van der Waals surface area contributed by atoms with Crippen LogP contribution in [0.25, 0.3) is 11.3 Å². The molecule has 0 spiro atoms. The summed E-state index contributed by atoms with van der Waals surface area (Å²) in [7, 11) is 0. The summed E-state index contributed by atoms with van der Waals surface area (Å²) in [4.78, 5) is 0. The molecule has 0 aliphatic heterocycles. The maximum absolute atomic E-state index is 9.04. The molecule has 0 fully saturated rings. The summed E-state index contributed by atoms with van der Waals surface area (Å²) < 4.78 is 0. The van der Waals surface area contributed by atoms with Crippen molar-refractivity contribution < 1.29 is 5.11 Å². The van der Waals surface area contributed by atoms with Crippen LogP contribution in [-0.2, 0) is 6.54 Å². The highest BCUT2D eigenvalue weighted by molar-refractivity contribution is 7.98. The van der Waals surface area contributed by atoms with Crippen molar-refractivity contribution >= 4 is 11.8 Å². The van der Waals surface area contributed by atoms with E-state index in [-0.39, 0.29) is 6.61 Å². The molecule has 0 saturated carbocycles. The van der Waals surface area contributed by atoms with Crippen molar-refractivity contribution in [2.75, 3.05) is 18.6 Å². The van der Waals surface area contributed by atoms with Gasteiger partial charge in [-0.25, -0.2) is 0 Å². The number of thioether (sulfide) groups is 1. The maximum Gasteiger partial charge on any atom is 0.0924 e. The molecule has 0 radical (unpaired) electrons. The minimum Gasteiger partial charge on any atom is -0.396 e. The average Bonchev–Trinajstić information content (AvgIpc) is 2.95. The molecule has 0 aliphatic carbocycles. The molecular weight excluding hydrogens is 270 g/mol. The van der Waals surface area contributed by atoms with Crippen molar-refractivity contribution in [1.82, 2.24) is 15.5 Å². The summed E-state index contributed by atoms with van der Waals surface area (Å²) in [5.74, 6) is 1.00. The number of H-pyrrole nitrogens is 1. The smallest absolute Gasteiger partial charge is 0.0924 e. The first-order valence-corrected chi connectivity index (χ1v) is 8.15. The zero-order chi connectivity index (χ0) is 14.2. The number of nitrogens with zero attached hydrogens (tertiary/aromatic N) is 1. The Balaban J connectivity index is 1.92. The molecule has 1 aromatic carbocycles.